The zero-order valence-electron chi connectivity index (χ0n) is 11.6. The summed E-state index contributed by atoms with van der Waals surface area (Å²) in [6.45, 7) is 2.51. The maximum absolute atomic E-state index is 12.2. The molecule has 20 heavy (non-hydrogen) atoms. The van der Waals surface area contributed by atoms with Gasteiger partial charge in [-0.1, -0.05) is 0 Å². The van der Waals surface area contributed by atoms with Crippen LogP contribution in [0, 0.1) is 6.92 Å². The van der Waals surface area contributed by atoms with Gasteiger partial charge in [-0.3, -0.25) is 9.78 Å². The van der Waals surface area contributed by atoms with Gasteiger partial charge in [0.2, 0.25) is 0 Å². The first kappa shape index (κ1) is 14.7. The highest BCUT2D eigenvalue weighted by molar-refractivity contribution is 7.89. The van der Waals surface area contributed by atoms with E-state index in [-0.39, 0.29) is 11.6 Å². The van der Waals surface area contributed by atoms with Crippen LogP contribution in [0.2, 0.25) is 0 Å². The number of rotatable bonds is 6. The molecule has 0 aliphatic heterocycles. The molecular formula is C11H18N6O2S. The molecule has 2 rings (SSSR count). The monoisotopic (exact) mass is 298 g/mol. The predicted molar refractivity (Wildman–Crippen MR) is 73.3 cm³/mol. The van der Waals surface area contributed by atoms with Crippen molar-refractivity contribution in [3.05, 3.63) is 29.2 Å². The Morgan fingerprint density at radius 3 is 2.65 bits per heavy atom. The maximum Gasteiger partial charge on any atom is 0.258 e. The van der Waals surface area contributed by atoms with Crippen LogP contribution in [0.4, 0.5) is 0 Å². The van der Waals surface area contributed by atoms with Gasteiger partial charge in [-0.2, -0.15) is 10.2 Å². The number of hydrogen-bond acceptors (Lipinski definition) is 5. The van der Waals surface area contributed by atoms with E-state index >= 15 is 0 Å². The van der Waals surface area contributed by atoms with Gasteiger partial charge in [0.15, 0.2) is 5.03 Å². The molecule has 0 atom stereocenters. The van der Waals surface area contributed by atoms with Gasteiger partial charge < -0.3 is 5.32 Å². The first-order valence-electron chi connectivity index (χ1n) is 6.09. The van der Waals surface area contributed by atoms with Gasteiger partial charge in [0.1, 0.15) is 0 Å². The van der Waals surface area contributed by atoms with Gasteiger partial charge in [0.05, 0.1) is 12.4 Å². The Balaban J connectivity index is 2.15. The number of nitrogens with one attached hydrogen (secondary N) is 3. The number of aromatic nitrogens is 4. The molecule has 8 nitrogen and oxygen atoms in total. The van der Waals surface area contributed by atoms with Crippen molar-refractivity contribution in [2.75, 3.05) is 7.05 Å². The van der Waals surface area contributed by atoms with Crippen LogP contribution in [0.15, 0.2) is 17.4 Å². The molecule has 0 radical (unpaired) electrons. The zero-order chi connectivity index (χ0) is 14.8. The van der Waals surface area contributed by atoms with E-state index in [0.717, 1.165) is 11.3 Å². The molecule has 0 amide bonds. The number of aromatic amines is 1. The lowest BCUT2D eigenvalue weighted by Crippen LogP contribution is -2.25. The minimum Gasteiger partial charge on any atom is -0.316 e. The first-order valence-corrected chi connectivity index (χ1v) is 7.58. The summed E-state index contributed by atoms with van der Waals surface area (Å²) in [5, 5.41) is 13.4. The lowest BCUT2D eigenvalue weighted by molar-refractivity contribution is 0.574. The summed E-state index contributed by atoms with van der Waals surface area (Å²) in [5.74, 6) is 0. The largest absolute Gasteiger partial charge is 0.316 e. The van der Waals surface area contributed by atoms with E-state index in [2.05, 4.69) is 25.3 Å². The molecule has 0 bridgehead atoms. The maximum atomic E-state index is 12.2. The lowest BCUT2D eigenvalue weighted by Gasteiger charge is -2.07. The van der Waals surface area contributed by atoms with Crippen LogP contribution >= 0.6 is 0 Å². The van der Waals surface area contributed by atoms with E-state index < -0.39 is 10.0 Å². The van der Waals surface area contributed by atoms with E-state index in [4.69, 9.17) is 0 Å². The van der Waals surface area contributed by atoms with E-state index in [1.165, 1.54) is 6.20 Å². The van der Waals surface area contributed by atoms with Crippen LogP contribution in [0.25, 0.3) is 0 Å². The fourth-order valence-corrected chi connectivity index (χ4v) is 2.94. The summed E-state index contributed by atoms with van der Waals surface area (Å²) in [7, 11) is -0.0620. The summed E-state index contributed by atoms with van der Waals surface area (Å²) in [4.78, 5) is 0. The highest BCUT2D eigenvalue weighted by Crippen LogP contribution is 2.13. The van der Waals surface area contributed by atoms with Gasteiger partial charge in [0.25, 0.3) is 10.0 Å². The Morgan fingerprint density at radius 1 is 1.30 bits per heavy atom. The Kier molecular flexibility index (Phi) is 4.21. The molecule has 2 heterocycles. The lowest BCUT2D eigenvalue weighted by atomic mass is 10.3. The van der Waals surface area contributed by atoms with Gasteiger partial charge in [-0.05, 0) is 14.0 Å². The zero-order valence-corrected chi connectivity index (χ0v) is 12.5. The van der Waals surface area contributed by atoms with Crippen LogP contribution in [0.5, 0.6) is 0 Å². The molecule has 0 saturated carbocycles. The summed E-state index contributed by atoms with van der Waals surface area (Å²) >= 11 is 0. The fraction of sp³-hybridized carbons (Fsp3) is 0.455. The van der Waals surface area contributed by atoms with Crippen molar-refractivity contribution in [3.8, 4) is 0 Å². The van der Waals surface area contributed by atoms with Crippen LogP contribution in [0.3, 0.4) is 0 Å². The van der Waals surface area contributed by atoms with Crippen molar-refractivity contribution in [3.63, 3.8) is 0 Å². The molecule has 0 aliphatic rings. The second-order valence-corrected chi connectivity index (χ2v) is 6.16. The molecule has 9 heteroatoms. The standard InChI is InChI=1S/C11H18N6O2S/c1-8-9(6-14-17(8)3)7-15-20(18,19)11-10(4-12-2)5-13-16-11/h5-6,12,15H,4,7H2,1-3H3,(H,13,16). The summed E-state index contributed by atoms with van der Waals surface area (Å²) in [5.41, 5.74) is 2.36. The molecule has 110 valence electrons. The summed E-state index contributed by atoms with van der Waals surface area (Å²) in [6, 6.07) is 0. The Hall–Kier alpha value is -1.71. The normalized spacial score (nSPS) is 11.9. The third-order valence-electron chi connectivity index (χ3n) is 3.10. The molecule has 2 aromatic rings. The van der Waals surface area contributed by atoms with Gasteiger partial charge in [-0.15, -0.1) is 0 Å². The minimum absolute atomic E-state index is 0.0911. The molecule has 0 fully saturated rings. The second-order valence-electron chi connectivity index (χ2n) is 4.46. The second kappa shape index (κ2) is 5.73. The number of aryl methyl sites for hydroxylation is 1. The van der Waals surface area contributed by atoms with E-state index in [9.17, 15) is 8.42 Å². The molecular weight excluding hydrogens is 280 g/mol. The predicted octanol–water partition coefficient (Wildman–Crippen LogP) is -0.350. The molecule has 0 spiro atoms. The summed E-state index contributed by atoms with van der Waals surface area (Å²) < 4.78 is 28.7. The first-order chi connectivity index (χ1) is 9.45. The van der Waals surface area contributed by atoms with Crippen LogP contribution in [0.1, 0.15) is 16.8 Å². The van der Waals surface area contributed by atoms with Crippen molar-refractivity contribution in [2.45, 2.75) is 25.0 Å². The van der Waals surface area contributed by atoms with E-state index in [1.807, 2.05) is 14.0 Å². The average molecular weight is 298 g/mol. The molecule has 3 N–H and O–H groups in total. The highest BCUT2D eigenvalue weighted by Gasteiger charge is 2.20. The van der Waals surface area contributed by atoms with Crippen molar-refractivity contribution in [1.82, 2.24) is 30.0 Å². The average Bonchev–Trinajstić information content (AvgIpc) is 2.98. The fourth-order valence-electron chi connectivity index (χ4n) is 1.81. The molecule has 2 aromatic heterocycles. The van der Waals surface area contributed by atoms with Crippen LogP contribution < -0.4 is 10.0 Å². The third-order valence-corrected chi connectivity index (χ3v) is 4.52. The highest BCUT2D eigenvalue weighted by atomic mass is 32.2. The Labute approximate surface area is 117 Å². The molecule has 0 unspecified atom stereocenters. The molecule has 0 aliphatic carbocycles. The van der Waals surface area contributed by atoms with Gasteiger partial charge >= 0.3 is 0 Å². The van der Waals surface area contributed by atoms with Gasteiger partial charge in [0, 0.05) is 37.0 Å². The van der Waals surface area contributed by atoms with Gasteiger partial charge in [-0.25, -0.2) is 13.1 Å². The molecule has 0 saturated heterocycles. The van der Waals surface area contributed by atoms with Crippen molar-refractivity contribution in [1.29, 1.82) is 0 Å². The van der Waals surface area contributed by atoms with Crippen molar-refractivity contribution >= 4 is 10.0 Å². The van der Waals surface area contributed by atoms with E-state index in [0.29, 0.717) is 12.1 Å². The summed E-state index contributed by atoms with van der Waals surface area (Å²) in [6.07, 6.45) is 3.15. The number of sulfonamides is 1. The molecule has 0 aromatic carbocycles. The minimum atomic E-state index is -3.62. The van der Waals surface area contributed by atoms with Crippen molar-refractivity contribution < 1.29 is 8.42 Å². The number of H-pyrrole nitrogens is 1. The van der Waals surface area contributed by atoms with E-state index in [1.54, 1.807) is 17.9 Å². The quantitative estimate of drug-likeness (QED) is 0.676. The topological polar surface area (TPSA) is 105 Å². The van der Waals surface area contributed by atoms with Crippen LogP contribution in [-0.2, 0) is 30.2 Å². The number of hydrogen-bond donors (Lipinski definition) is 3. The Morgan fingerprint density at radius 2 is 2.05 bits per heavy atom. The third kappa shape index (κ3) is 2.89. The smallest absolute Gasteiger partial charge is 0.258 e. The Bertz CT molecular complexity index is 688. The van der Waals surface area contributed by atoms with Crippen molar-refractivity contribution in [2.24, 2.45) is 7.05 Å². The van der Waals surface area contributed by atoms with Crippen LogP contribution in [-0.4, -0.2) is 35.4 Å². The number of nitrogens with zero attached hydrogens (tertiary/aromatic N) is 3. The SMILES string of the molecule is CNCc1cn[nH]c1S(=O)(=O)NCc1cnn(C)c1C.